The number of likely N-dealkylation sites (tertiary alicyclic amines) is 1. The highest BCUT2D eigenvalue weighted by Crippen LogP contribution is 2.20. The van der Waals surface area contributed by atoms with Crippen molar-refractivity contribution in [2.45, 2.75) is 11.4 Å². The highest BCUT2D eigenvalue weighted by molar-refractivity contribution is 7.90. The van der Waals surface area contributed by atoms with Gasteiger partial charge in [-0.15, -0.1) is 0 Å². The van der Waals surface area contributed by atoms with Crippen LogP contribution in [0, 0.1) is 0 Å². The summed E-state index contributed by atoms with van der Waals surface area (Å²) in [4.78, 5) is 15.9. The van der Waals surface area contributed by atoms with Gasteiger partial charge < -0.3 is 14.5 Å². The minimum atomic E-state index is -3.47. The summed E-state index contributed by atoms with van der Waals surface area (Å²) in [7, 11) is -1.48. The number of carbonyl (C=O) groups is 1. The zero-order valence-electron chi connectivity index (χ0n) is 14.0. The predicted molar refractivity (Wildman–Crippen MR) is 95.3 cm³/mol. The lowest BCUT2D eigenvalue weighted by molar-refractivity contribution is -0.0157. The van der Waals surface area contributed by atoms with E-state index in [4.69, 9.17) is 16.3 Å². The molecule has 25 heavy (non-hydrogen) atoms. The average Bonchev–Trinajstić information content (AvgIpc) is 2.51. The summed E-state index contributed by atoms with van der Waals surface area (Å²) in [5, 5.41) is -0.105. The topological polar surface area (TPSA) is 79.0 Å². The SMILES string of the molecule is CN1CCO[C@@H](CNS(=O)(=O)C2CN(C(=O)c3cccc(Cl)c3)C2)C1. The fraction of sp³-hybridized carbons (Fsp3) is 0.562. The van der Waals surface area contributed by atoms with Crippen LogP contribution in [0.1, 0.15) is 10.4 Å². The summed E-state index contributed by atoms with van der Waals surface area (Å²) < 4.78 is 32.9. The van der Waals surface area contributed by atoms with Gasteiger partial charge in [0.1, 0.15) is 5.25 Å². The maximum atomic E-state index is 12.4. The van der Waals surface area contributed by atoms with Gasteiger partial charge in [-0.3, -0.25) is 4.79 Å². The summed E-state index contributed by atoms with van der Waals surface area (Å²) in [5.74, 6) is -0.203. The van der Waals surface area contributed by atoms with E-state index >= 15 is 0 Å². The van der Waals surface area contributed by atoms with Gasteiger partial charge in [-0.2, -0.15) is 0 Å². The molecule has 2 heterocycles. The quantitative estimate of drug-likeness (QED) is 0.792. The van der Waals surface area contributed by atoms with Crippen molar-refractivity contribution in [1.29, 1.82) is 0 Å². The molecule has 1 aromatic rings. The van der Waals surface area contributed by atoms with Crippen molar-refractivity contribution < 1.29 is 17.9 Å². The minimum Gasteiger partial charge on any atom is -0.374 e. The zero-order chi connectivity index (χ0) is 18.0. The summed E-state index contributed by atoms with van der Waals surface area (Å²) in [5.41, 5.74) is 0.468. The molecule has 2 aliphatic heterocycles. The molecule has 0 spiro atoms. The Kier molecular flexibility index (Phi) is 5.65. The smallest absolute Gasteiger partial charge is 0.253 e. The maximum absolute atomic E-state index is 12.4. The molecule has 1 atom stereocenters. The van der Waals surface area contributed by atoms with Gasteiger partial charge >= 0.3 is 0 Å². The lowest BCUT2D eigenvalue weighted by Crippen LogP contribution is -2.60. The first-order valence-electron chi connectivity index (χ1n) is 8.18. The van der Waals surface area contributed by atoms with Crippen LogP contribution in [0.25, 0.3) is 0 Å². The van der Waals surface area contributed by atoms with Crippen LogP contribution < -0.4 is 4.72 Å². The molecule has 2 saturated heterocycles. The number of likely N-dealkylation sites (N-methyl/N-ethyl adjacent to an activating group) is 1. The van der Waals surface area contributed by atoms with Gasteiger partial charge in [0.25, 0.3) is 5.91 Å². The van der Waals surface area contributed by atoms with E-state index in [-0.39, 0.29) is 31.6 Å². The molecule has 2 fully saturated rings. The molecule has 0 aliphatic carbocycles. The Morgan fingerprint density at radius 3 is 2.80 bits per heavy atom. The normalized spacial score (nSPS) is 22.6. The predicted octanol–water partition coefficient (Wildman–Crippen LogP) is 0.414. The molecule has 1 N–H and O–H groups in total. The van der Waals surface area contributed by atoms with E-state index in [0.717, 1.165) is 6.54 Å². The van der Waals surface area contributed by atoms with Crippen molar-refractivity contribution in [3.8, 4) is 0 Å². The van der Waals surface area contributed by atoms with Crippen LogP contribution in [0.3, 0.4) is 0 Å². The van der Waals surface area contributed by atoms with Crippen LogP contribution >= 0.6 is 11.6 Å². The minimum absolute atomic E-state index is 0.141. The molecular formula is C16H22ClN3O4S. The van der Waals surface area contributed by atoms with Crippen LogP contribution in [-0.4, -0.2) is 81.9 Å². The van der Waals surface area contributed by atoms with Gasteiger partial charge in [-0.25, -0.2) is 13.1 Å². The van der Waals surface area contributed by atoms with E-state index in [2.05, 4.69) is 9.62 Å². The van der Waals surface area contributed by atoms with Crippen LogP contribution in [0.5, 0.6) is 0 Å². The number of rotatable bonds is 5. The Morgan fingerprint density at radius 1 is 1.36 bits per heavy atom. The van der Waals surface area contributed by atoms with Crippen molar-refractivity contribution in [1.82, 2.24) is 14.5 Å². The Morgan fingerprint density at radius 2 is 2.12 bits per heavy atom. The monoisotopic (exact) mass is 387 g/mol. The highest BCUT2D eigenvalue weighted by atomic mass is 35.5. The molecule has 0 radical (unpaired) electrons. The highest BCUT2D eigenvalue weighted by Gasteiger charge is 2.40. The van der Waals surface area contributed by atoms with Crippen molar-refractivity contribution in [2.24, 2.45) is 0 Å². The Bertz CT molecular complexity index is 737. The summed E-state index contributed by atoms with van der Waals surface area (Å²) in [6.07, 6.45) is -0.141. The molecule has 1 aromatic carbocycles. The third kappa shape index (κ3) is 4.51. The summed E-state index contributed by atoms with van der Waals surface area (Å²) >= 11 is 5.89. The zero-order valence-corrected chi connectivity index (χ0v) is 15.6. The van der Waals surface area contributed by atoms with Crippen LogP contribution in [0.2, 0.25) is 5.02 Å². The summed E-state index contributed by atoms with van der Waals surface area (Å²) in [6.45, 7) is 2.79. The van der Waals surface area contributed by atoms with Crippen molar-refractivity contribution in [3.63, 3.8) is 0 Å². The fourth-order valence-corrected chi connectivity index (χ4v) is 4.52. The molecule has 2 aliphatic rings. The number of halogens is 1. The molecule has 0 saturated carbocycles. The van der Waals surface area contributed by atoms with E-state index in [0.29, 0.717) is 23.7 Å². The number of benzene rings is 1. The molecular weight excluding hydrogens is 366 g/mol. The molecule has 0 aromatic heterocycles. The number of sulfonamides is 1. The number of hydrogen-bond acceptors (Lipinski definition) is 5. The van der Waals surface area contributed by atoms with Gasteiger partial charge in [0.15, 0.2) is 0 Å². The molecule has 3 rings (SSSR count). The lowest BCUT2D eigenvalue weighted by atomic mass is 10.1. The van der Waals surface area contributed by atoms with Gasteiger partial charge in [0, 0.05) is 43.3 Å². The van der Waals surface area contributed by atoms with Crippen LogP contribution in [0.4, 0.5) is 0 Å². The van der Waals surface area contributed by atoms with Crippen molar-refractivity contribution in [2.75, 3.05) is 46.4 Å². The first-order valence-corrected chi connectivity index (χ1v) is 10.1. The largest absolute Gasteiger partial charge is 0.374 e. The number of amides is 1. The van der Waals surface area contributed by atoms with E-state index < -0.39 is 15.3 Å². The van der Waals surface area contributed by atoms with Gasteiger partial charge in [0.2, 0.25) is 10.0 Å². The van der Waals surface area contributed by atoms with Gasteiger partial charge in [0.05, 0.1) is 12.7 Å². The molecule has 9 heteroatoms. The molecule has 138 valence electrons. The van der Waals surface area contributed by atoms with Gasteiger partial charge in [-0.05, 0) is 25.2 Å². The number of carbonyl (C=O) groups excluding carboxylic acids is 1. The second-order valence-corrected chi connectivity index (χ2v) is 8.97. The van der Waals surface area contributed by atoms with Crippen LogP contribution in [0.15, 0.2) is 24.3 Å². The maximum Gasteiger partial charge on any atom is 0.253 e. The van der Waals surface area contributed by atoms with E-state index in [1.54, 1.807) is 24.3 Å². The molecule has 1 amide bonds. The molecule has 7 nitrogen and oxygen atoms in total. The van der Waals surface area contributed by atoms with E-state index in [1.807, 2.05) is 7.05 Å². The molecule has 0 bridgehead atoms. The number of nitrogens with zero attached hydrogens (tertiary/aromatic N) is 2. The Hall–Kier alpha value is -1.19. The second kappa shape index (κ2) is 7.59. The lowest BCUT2D eigenvalue weighted by Gasteiger charge is -2.39. The first-order chi connectivity index (χ1) is 11.8. The van der Waals surface area contributed by atoms with Gasteiger partial charge in [-0.1, -0.05) is 17.7 Å². The van der Waals surface area contributed by atoms with Crippen molar-refractivity contribution in [3.05, 3.63) is 34.9 Å². The third-order valence-corrected chi connectivity index (χ3v) is 6.48. The second-order valence-electron chi connectivity index (χ2n) is 6.49. The first kappa shape index (κ1) is 18.6. The Labute approximate surface area is 152 Å². The number of ether oxygens (including phenoxy) is 1. The van der Waals surface area contributed by atoms with E-state index in [9.17, 15) is 13.2 Å². The third-order valence-electron chi connectivity index (χ3n) is 4.50. The number of morpholine rings is 1. The number of nitrogens with one attached hydrogen (secondary N) is 1. The molecule has 0 unspecified atom stereocenters. The average molecular weight is 388 g/mol. The van der Waals surface area contributed by atoms with Crippen molar-refractivity contribution >= 4 is 27.5 Å². The Balaban J connectivity index is 1.50. The standard InChI is InChI=1S/C16H22ClN3O4S/c1-19-5-6-24-14(9-19)8-18-25(22,23)15-10-20(11-15)16(21)12-3-2-4-13(17)7-12/h2-4,7,14-15,18H,5-6,8-11H2,1H3/t14-/m0/s1. The van der Waals surface area contributed by atoms with E-state index in [1.165, 1.54) is 4.90 Å². The number of hydrogen-bond donors (Lipinski definition) is 1. The van der Waals surface area contributed by atoms with Crippen LogP contribution in [-0.2, 0) is 14.8 Å². The summed E-state index contributed by atoms with van der Waals surface area (Å²) in [6, 6.07) is 6.65. The fourth-order valence-electron chi connectivity index (χ4n) is 2.92.